The van der Waals surface area contributed by atoms with Crippen molar-refractivity contribution in [3.8, 4) is 12.3 Å². The highest BCUT2D eigenvalue weighted by Gasteiger charge is 2.00. The standard InChI is InChI=1S/C10H9F/c1-3-8(2)9-5-4-6-10(11)7-9/h1,4-8H,2H3/t8-/m1/s1. The van der Waals surface area contributed by atoms with Gasteiger partial charge in [-0.25, -0.2) is 4.39 Å². The lowest BCUT2D eigenvalue weighted by Gasteiger charge is -2.02. The van der Waals surface area contributed by atoms with E-state index in [1.807, 2.05) is 13.0 Å². The van der Waals surface area contributed by atoms with Crippen LogP contribution in [0, 0.1) is 18.2 Å². The van der Waals surface area contributed by atoms with Crippen LogP contribution in [-0.2, 0) is 0 Å². The molecule has 1 aromatic carbocycles. The van der Waals surface area contributed by atoms with Crippen molar-refractivity contribution >= 4 is 0 Å². The Balaban J connectivity index is 2.98. The zero-order valence-corrected chi connectivity index (χ0v) is 6.34. The van der Waals surface area contributed by atoms with E-state index in [4.69, 9.17) is 6.42 Å². The van der Waals surface area contributed by atoms with Gasteiger partial charge in [0.2, 0.25) is 0 Å². The average Bonchev–Trinajstić information content (AvgIpc) is 2.03. The second kappa shape index (κ2) is 3.21. The van der Waals surface area contributed by atoms with Crippen LogP contribution in [0.5, 0.6) is 0 Å². The summed E-state index contributed by atoms with van der Waals surface area (Å²) in [4.78, 5) is 0. The Kier molecular flexibility index (Phi) is 2.28. The molecule has 0 N–H and O–H groups in total. The first kappa shape index (κ1) is 7.81. The highest BCUT2D eigenvalue weighted by atomic mass is 19.1. The number of halogens is 1. The zero-order chi connectivity index (χ0) is 8.27. The molecule has 1 aromatic rings. The quantitative estimate of drug-likeness (QED) is 0.537. The van der Waals surface area contributed by atoms with E-state index in [-0.39, 0.29) is 11.7 Å². The Hall–Kier alpha value is -1.29. The summed E-state index contributed by atoms with van der Waals surface area (Å²) in [6.07, 6.45) is 5.18. The number of rotatable bonds is 1. The van der Waals surface area contributed by atoms with E-state index >= 15 is 0 Å². The van der Waals surface area contributed by atoms with E-state index in [1.165, 1.54) is 12.1 Å². The predicted molar refractivity (Wildman–Crippen MR) is 43.6 cm³/mol. The first-order valence-corrected chi connectivity index (χ1v) is 3.45. The van der Waals surface area contributed by atoms with E-state index in [0.717, 1.165) is 5.56 Å². The second-order valence-electron chi connectivity index (χ2n) is 2.44. The first-order valence-electron chi connectivity index (χ1n) is 3.45. The molecule has 0 aliphatic carbocycles. The molecule has 1 rings (SSSR count). The zero-order valence-electron chi connectivity index (χ0n) is 6.34. The van der Waals surface area contributed by atoms with Crippen molar-refractivity contribution in [2.24, 2.45) is 0 Å². The predicted octanol–water partition coefficient (Wildman–Crippen LogP) is 2.56. The maximum atomic E-state index is 12.6. The molecule has 56 valence electrons. The molecule has 0 bridgehead atoms. The molecule has 0 nitrogen and oxygen atoms in total. The van der Waals surface area contributed by atoms with E-state index < -0.39 is 0 Å². The topological polar surface area (TPSA) is 0 Å². The van der Waals surface area contributed by atoms with Crippen molar-refractivity contribution in [1.29, 1.82) is 0 Å². The molecule has 0 aliphatic heterocycles. The van der Waals surface area contributed by atoms with Crippen molar-refractivity contribution < 1.29 is 4.39 Å². The molecule has 0 aromatic heterocycles. The van der Waals surface area contributed by atoms with Crippen LogP contribution in [0.25, 0.3) is 0 Å². The summed E-state index contributed by atoms with van der Waals surface area (Å²) in [6, 6.07) is 6.36. The lowest BCUT2D eigenvalue weighted by atomic mass is 10.0. The third-order valence-corrected chi connectivity index (χ3v) is 1.60. The maximum Gasteiger partial charge on any atom is 0.123 e. The molecular formula is C10H9F. The molecule has 0 spiro atoms. The number of terminal acetylenes is 1. The normalized spacial score (nSPS) is 12.1. The largest absolute Gasteiger partial charge is 0.207 e. The van der Waals surface area contributed by atoms with Crippen LogP contribution in [0.4, 0.5) is 4.39 Å². The maximum absolute atomic E-state index is 12.6. The van der Waals surface area contributed by atoms with Crippen LogP contribution in [0.15, 0.2) is 24.3 Å². The summed E-state index contributed by atoms with van der Waals surface area (Å²) in [7, 11) is 0. The molecule has 0 radical (unpaired) electrons. The van der Waals surface area contributed by atoms with Crippen molar-refractivity contribution in [1.82, 2.24) is 0 Å². The van der Waals surface area contributed by atoms with Gasteiger partial charge in [-0.15, -0.1) is 6.42 Å². The minimum absolute atomic E-state index is 0.00861. The summed E-state index contributed by atoms with van der Waals surface area (Å²) >= 11 is 0. The van der Waals surface area contributed by atoms with E-state index in [1.54, 1.807) is 6.07 Å². The van der Waals surface area contributed by atoms with E-state index in [9.17, 15) is 4.39 Å². The smallest absolute Gasteiger partial charge is 0.123 e. The van der Waals surface area contributed by atoms with Crippen molar-refractivity contribution in [2.45, 2.75) is 12.8 Å². The van der Waals surface area contributed by atoms with Gasteiger partial charge in [-0.1, -0.05) is 18.1 Å². The van der Waals surface area contributed by atoms with Gasteiger partial charge in [0.25, 0.3) is 0 Å². The van der Waals surface area contributed by atoms with Crippen LogP contribution in [0.3, 0.4) is 0 Å². The molecule has 1 atom stereocenters. The number of benzene rings is 1. The Morgan fingerprint density at radius 2 is 2.27 bits per heavy atom. The molecule has 0 unspecified atom stereocenters. The lowest BCUT2D eigenvalue weighted by molar-refractivity contribution is 0.625. The van der Waals surface area contributed by atoms with Crippen LogP contribution >= 0.6 is 0 Å². The van der Waals surface area contributed by atoms with Crippen molar-refractivity contribution in [3.63, 3.8) is 0 Å². The SMILES string of the molecule is C#C[C@@H](C)c1cccc(F)c1. The molecule has 0 fully saturated rings. The molecular weight excluding hydrogens is 139 g/mol. The summed E-state index contributed by atoms with van der Waals surface area (Å²) in [5.74, 6) is 2.30. The van der Waals surface area contributed by atoms with Gasteiger partial charge in [-0.3, -0.25) is 0 Å². The Morgan fingerprint density at radius 3 is 2.82 bits per heavy atom. The van der Waals surface area contributed by atoms with Crippen LogP contribution < -0.4 is 0 Å². The molecule has 0 aliphatic rings. The molecule has 0 amide bonds. The van der Waals surface area contributed by atoms with Gasteiger partial charge in [-0.2, -0.15) is 0 Å². The highest BCUT2D eigenvalue weighted by Crippen LogP contribution is 2.14. The minimum Gasteiger partial charge on any atom is -0.207 e. The van der Waals surface area contributed by atoms with Crippen LogP contribution in [-0.4, -0.2) is 0 Å². The Labute approximate surface area is 66.1 Å². The molecule has 0 heterocycles. The highest BCUT2D eigenvalue weighted by molar-refractivity contribution is 5.25. The van der Waals surface area contributed by atoms with Gasteiger partial charge in [0.1, 0.15) is 5.82 Å². The molecule has 1 heteroatoms. The van der Waals surface area contributed by atoms with Crippen molar-refractivity contribution in [2.75, 3.05) is 0 Å². The van der Waals surface area contributed by atoms with E-state index in [0.29, 0.717) is 0 Å². The van der Waals surface area contributed by atoms with Gasteiger partial charge in [0.05, 0.1) is 0 Å². The summed E-state index contributed by atoms with van der Waals surface area (Å²) in [5, 5.41) is 0. The fourth-order valence-corrected chi connectivity index (χ4v) is 0.872. The molecule has 0 saturated heterocycles. The molecule has 0 saturated carbocycles. The van der Waals surface area contributed by atoms with Crippen molar-refractivity contribution in [3.05, 3.63) is 35.6 Å². The minimum atomic E-state index is -0.232. The fraction of sp³-hybridized carbons (Fsp3) is 0.200. The van der Waals surface area contributed by atoms with Gasteiger partial charge < -0.3 is 0 Å². The van der Waals surface area contributed by atoms with Gasteiger partial charge in [0, 0.05) is 5.92 Å². The van der Waals surface area contributed by atoms with Gasteiger partial charge >= 0.3 is 0 Å². The van der Waals surface area contributed by atoms with Crippen LogP contribution in [0.1, 0.15) is 18.4 Å². The number of hydrogen-bond acceptors (Lipinski definition) is 0. The lowest BCUT2D eigenvalue weighted by Crippen LogP contribution is -1.89. The average molecular weight is 148 g/mol. The first-order chi connectivity index (χ1) is 5.24. The monoisotopic (exact) mass is 148 g/mol. The van der Waals surface area contributed by atoms with E-state index in [2.05, 4.69) is 5.92 Å². The summed E-state index contributed by atoms with van der Waals surface area (Å²) in [5.41, 5.74) is 0.854. The molecule has 11 heavy (non-hydrogen) atoms. The van der Waals surface area contributed by atoms with Gasteiger partial charge in [0.15, 0.2) is 0 Å². The summed E-state index contributed by atoms with van der Waals surface area (Å²) in [6.45, 7) is 1.87. The van der Waals surface area contributed by atoms with Gasteiger partial charge in [-0.05, 0) is 24.6 Å². The third kappa shape index (κ3) is 1.81. The third-order valence-electron chi connectivity index (χ3n) is 1.60. The Bertz CT molecular complexity index is 283. The van der Waals surface area contributed by atoms with Crippen LogP contribution in [0.2, 0.25) is 0 Å². The number of hydrogen-bond donors (Lipinski definition) is 0. The fourth-order valence-electron chi connectivity index (χ4n) is 0.872. The Morgan fingerprint density at radius 1 is 1.55 bits per heavy atom. The second-order valence-corrected chi connectivity index (χ2v) is 2.44. The summed E-state index contributed by atoms with van der Waals surface area (Å²) < 4.78 is 12.6.